The van der Waals surface area contributed by atoms with Crippen molar-refractivity contribution in [3.05, 3.63) is 29.8 Å². The fourth-order valence-electron chi connectivity index (χ4n) is 1.72. The Morgan fingerprint density at radius 3 is 2.31 bits per heavy atom. The monoisotopic (exact) mass is 239 g/mol. The summed E-state index contributed by atoms with van der Waals surface area (Å²) in [5.41, 5.74) is 7.23. The third kappa shape index (κ3) is 3.51. The maximum absolute atomic E-state index is 9.21. The molecule has 0 fully saturated rings. The van der Waals surface area contributed by atoms with Crippen molar-refractivity contribution in [3.63, 3.8) is 0 Å². The first-order valence-corrected chi connectivity index (χ1v) is 6.80. The van der Waals surface area contributed by atoms with Crippen molar-refractivity contribution in [2.45, 2.75) is 31.2 Å². The Labute approximate surface area is 102 Å². The number of aliphatic hydroxyl groups excluding tert-OH is 1. The first kappa shape index (κ1) is 13.6. The van der Waals surface area contributed by atoms with Gasteiger partial charge in [-0.1, -0.05) is 26.0 Å². The molecule has 2 nitrogen and oxygen atoms in total. The molecule has 0 spiro atoms. The minimum absolute atomic E-state index is 0.0596. The number of hydrogen-bond acceptors (Lipinski definition) is 3. The zero-order valence-corrected chi connectivity index (χ0v) is 10.8. The van der Waals surface area contributed by atoms with Crippen LogP contribution in [-0.4, -0.2) is 17.5 Å². The maximum atomic E-state index is 9.21. The lowest BCUT2D eigenvalue weighted by Crippen LogP contribution is -2.23. The van der Waals surface area contributed by atoms with Crippen LogP contribution in [0.2, 0.25) is 0 Å². The summed E-state index contributed by atoms with van der Waals surface area (Å²) in [6.07, 6.45) is 0.906. The molecule has 16 heavy (non-hydrogen) atoms. The molecule has 0 aliphatic heterocycles. The number of nitrogens with two attached hydrogens (primary N) is 1. The molecule has 0 bridgehead atoms. The van der Waals surface area contributed by atoms with Crippen molar-refractivity contribution in [2.75, 3.05) is 12.4 Å². The van der Waals surface area contributed by atoms with Crippen LogP contribution in [0.4, 0.5) is 0 Å². The van der Waals surface area contributed by atoms with Crippen molar-refractivity contribution < 1.29 is 5.11 Å². The van der Waals surface area contributed by atoms with E-state index in [1.54, 1.807) is 0 Å². The standard InChI is InChI=1S/C13H21NOS/c1-3-10(9-15)13(14)11-5-7-12(8-6-11)16-4-2/h5-8,10,13,15H,3-4,9,14H2,1-2H3. The first-order chi connectivity index (χ1) is 7.72. The van der Waals surface area contributed by atoms with Crippen LogP contribution >= 0.6 is 11.8 Å². The van der Waals surface area contributed by atoms with Gasteiger partial charge >= 0.3 is 0 Å². The minimum Gasteiger partial charge on any atom is -0.396 e. The van der Waals surface area contributed by atoms with Crippen molar-refractivity contribution >= 4 is 11.8 Å². The van der Waals surface area contributed by atoms with Gasteiger partial charge in [0.15, 0.2) is 0 Å². The lowest BCUT2D eigenvalue weighted by atomic mass is 9.92. The van der Waals surface area contributed by atoms with Gasteiger partial charge in [-0.2, -0.15) is 0 Å². The molecular weight excluding hydrogens is 218 g/mol. The van der Waals surface area contributed by atoms with Crippen LogP contribution in [0.15, 0.2) is 29.2 Å². The molecule has 2 unspecified atom stereocenters. The van der Waals surface area contributed by atoms with Crippen molar-refractivity contribution in [1.29, 1.82) is 0 Å². The summed E-state index contributed by atoms with van der Waals surface area (Å²) >= 11 is 1.83. The quantitative estimate of drug-likeness (QED) is 0.750. The number of thioether (sulfide) groups is 1. The molecular formula is C13H21NOS. The highest BCUT2D eigenvalue weighted by Crippen LogP contribution is 2.24. The number of aliphatic hydroxyl groups is 1. The second-order valence-corrected chi connectivity index (χ2v) is 5.22. The average molecular weight is 239 g/mol. The summed E-state index contributed by atoms with van der Waals surface area (Å²) in [7, 11) is 0. The van der Waals surface area contributed by atoms with Crippen LogP contribution in [0.3, 0.4) is 0 Å². The van der Waals surface area contributed by atoms with E-state index in [0.29, 0.717) is 0 Å². The van der Waals surface area contributed by atoms with Gasteiger partial charge in [-0.3, -0.25) is 0 Å². The summed E-state index contributed by atoms with van der Waals surface area (Å²) in [6, 6.07) is 8.29. The largest absolute Gasteiger partial charge is 0.396 e. The van der Waals surface area contributed by atoms with E-state index in [9.17, 15) is 5.11 Å². The SMILES string of the molecule is CCSc1ccc(C(N)C(CC)CO)cc1. The Bertz CT molecular complexity index is 295. The van der Waals surface area contributed by atoms with Gasteiger partial charge in [-0.05, 0) is 29.9 Å². The normalized spacial score (nSPS) is 14.8. The summed E-state index contributed by atoms with van der Waals surface area (Å²) in [4.78, 5) is 1.27. The molecule has 3 heteroatoms. The molecule has 0 amide bonds. The Morgan fingerprint density at radius 2 is 1.88 bits per heavy atom. The van der Waals surface area contributed by atoms with Gasteiger partial charge in [-0.15, -0.1) is 11.8 Å². The molecule has 0 heterocycles. The molecule has 0 aliphatic rings. The number of rotatable bonds is 6. The molecule has 1 rings (SSSR count). The van der Waals surface area contributed by atoms with Crippen LogP contribution in [0.25, 0.3) is 0 Å². The second kappa shape index (κ2) is 6.94. The molecule has 0 radical (unpaired) electrons. The van der Waals surface area contributed by atoms with Crippen molar-refractivity contribution in [3.8, 4) is 0 Å². The third-order valence-corrected chi connectivity index (χ3v) is 3.74. The zero-order valence-electron chi connectivity index (χ0n) is 10.0. The van der Waals surface area contributed by atoms with Gasteiger partial charge < -0.3 is 10.8 Å². The molecule has 3 N–H and O–H groups in total. The fraction of sp³-hybridized carbons (Fsp3) is 0.538. The Hall–Kier alpha value is -0.510. The van der Waals surface area contributed by atoms with Crippen LogP contribution in [-0.2, 0) is 0 Å². The molecule has 0 saturated carbocycles. The summed E-state index contributed by atoms with van der Waals surface area (Å²) in [6.45, 7) is 4.36. The van der Waals surface area contributed by atoms with Gasteiger partial charge in [0, 0.05) is 23.5 Å². The van der Waals surface area contributed by atoms with E-state index in [-0.39, 0.29) is 18.6 Å². The lowest BCUT2D eigenvalue weighted by Gasteiger charge is -2.20. The van der Waals surface area contributed by atoms with E-state index in [1.807, 2.05) is 11.8 Å². The van der Waals surface area contributed by atoms with Crippen molar-refractivity contribution in [2.24, 2.45) is 11.7 Å². The zero-order chi connectivity index (χ0) is 12.0. The van der Waals surface area contributed by atoms with E-state index in [4.69, 9.17) is 5.73 Å². The fourth-order valence-corrected chi connectivity index (χ4v) is 2.38. The number of benzene rings is 1. The lowest BCUT2D eigenvalue weighted by molar-refractivity contribution is 0.200. The van der Waals surface area contributed by atoms with Gasteiger partial charge in [0.05, 0.1) is 0 Å². The van der Waals surface area contributed by atoms with E-state index in [0.717, 1.165) is 17.7 Å². The topological polar surface area (TPSA) is 46.2 Å². The van der Waals surface area contributed by atoms with Crippen LogP contribution in [0, 0.1) is 5.92 Å². The Kier molecular flexibility index (Phi) is 5.88. The smallest absolute Gasteiger partial charge is 0.0477 e. The Balaban J connectivity index is 2.72. The summed E-state index contributed by atoms with van der Waals surface area (Å²) in [5.74, 6) is 1.24. The van der Waals surface area contributed by atoms with Gasteiger partial charge in [-0.25, -0.2) is 0 Å². The number of hydrogen-bond donors (Lipinski definition) is 2. The summed E-state index contributed by atoms with van der Waals surface area (Å²) in [5, 5.41) is 9.21. The molecule has 90 valence electrons. The average Bonchev–Trinajstić information content (AvgIpc) is 2.32. The minimum atomic E-state index is -0.0596. The van der Waals surface area contributed by atoms with Gasteiger partial charge in [0.25, 0.3) is 0 Å². The van der Waals surface area contributed by atoms with Gasteiger partial charge in [0.1, 0.15) is 0 Å². The maximum Gasteiger partial charge on any atom is 0.0477 e. The van der Waals surface area contributed by atoms with Crippen LogP contribution in [0.1, 0.15) is 31.9 Å². The first-order valence-electron chi connectivity index (χ1n) is 5.82. The molecule has 1 aromatic carbocycles. The van der Waals surface area contributed by atoms with E-state index in [2.05, 4.69) is 38.1 Å². The predicted octanol–water partition coefficient (Wildman–Crippen LogP) is 2.82. The molecule has 0 aromatic heterocycles. The van der Waals surface area contributed by atoms with E-state index >= 15 is 0 Å². The van der Waals surface area contributed by atoms with Gasteiger partial charge in [0.2, 0.25) is 0 Å². The summed E-state index contributed by atoms with van der Waals surface area (Å²) < 4.78 is 0. The van der Waals surface area contributed by atoms with E-state index in [1.165, 1.54) is 4.90 Å². The Morgan fingerprint density at radius 1 is 1.25 bits per heavy atom. The van der Waals surface area contributed by atoms with Crippen molar-refractivity contribution in [1.82, 2.24) is 0 Å². The predicted molar refractivity (Wildman–Crippen MR) is 70.6 cm³/mol. The van der Waals surface area contributed by atoms with Crippen LogP contribution in [0.5, 0.6) is 0 Å². The molecule has 2 atom stereocenters. The highest BCUT2D eigenvalue weighted by molar-refractivity contribution is 7.99. The molecule has 0 aliphatic carbocycles. The molecule has 1 aromatic rings. The highest BCUT2D eigenvalue weighted by Gasteiger charge is 2.16. The van der Waals surface area contributed by atoms with Crippen LogP contribution < -0.4 is 5.73 Å². The highest BCUT2D eigenvalue weighted by atomic mass is 32.2. The molecule has 0 saturated heterocycles. The van der Waals surface area contributed by atoms with E-state index < -0.39 is 0 Å². The third-order valence-electron chi connectivity index (χ3n) is 2.84. The second-order valence-electron chi connectivity index (χ2n) is 3.88.